The highest BCUT2D eigenvalue weighted by molar-refractivity contribution is 7.98. The maximum absolute atomic E-state index is 12.4. The topological polar surface area (TPSA) is 109 Å². The van der Waals surface area contributed by atoms with Crippen molar-refractivity contribution in [2.75, 3.05) is 24.0 Å². The minimum absolute atomic E-state index is 0.0227. The lowest BCUT2D eigenvalue weighted by atomic mass is 9.85. The summed E-state index contributed by atoms with van der Waals surface area (Å²) in [7, 11) is 0. The van der Waals surface area contributed by atoms with Crippen LogP contribution in [0.1, 0.15) is 19.8 Å². The molecule has 116 valence electrons. The third-order valence-corrected chi connectivity index (χ3v) is 4.08. The summed E-state index contributed by atoms with van der Waals surface area (Å²) in [5.74, 6) is -1.45. The van der Waals surface area contributed by atoms with E-state index >= 15 is 0 Å². The molecule has 0 aromatic carbocycles. The molecular formula is C12H22N2O4S2. The minimum Gasteiger partial charge on any atom is -0.479 e. The molecule has 0 radical (unpaired) electrons. The molecule has 0 bridgehead atoms. The predicted octanol–water partition coefficient (Wildman–Crippen LogP) is 0.349. The fourth-order valence-corrected chi connectivity index (χ4v) is 2.76. The first-order valence-electron chi connectivity index (χ1n) is 6.11. The SMILES string of the molecule is CSCCC(N)C(=O)C(CCSC)(NC(C)=O)C(=O)O. The summed E-state index contributed by atoms with van der Waals surface area (Å²) in [5.41, 5.74) is 3.87. The van der Waals surface area contributed by atoms with Gasteiger partial charge in [0.15, 0.2) is 11.3 Å². The number of carboxylic acids is 1. The van der Waals surface area contributed by atoms with Gasteiger partial charge in [0.05, 0.1) is 6.04 Å². The van der Waals surface area contributed by atoms with Crippen molar-refractivity contribution >= 4 is 41.2 Å². The Hall–Kier alpha value is -0.730. The van der Waals surface area contributed by atoms with Crippen molar-refractivity contribution in [1.29, 1.82) is 0 Å². The average Bonchev–Trinajstić information content (AvgIpc) is 2.39. The Labute approximate surface area is 127 Å². The molecule has 0 saturated heterocycles. The molecular weight excluding hydrogens is 300 g/mol. The number of thioether (sulfide) groups is 2. The van der Waals surface area contributed by atoms with Gasteiger partial charge in [-0.15, -0.1) is 0 Å². The van der Waals surface area contributed by atoms with E-state index in [1.54, 1.807) is 6.26 Å². The first-order valence-corrected chi connectivity index (χ1v) is 8.90. The Bertz CT molecular complexity index is 365. The smallest absolute Gasteiger partial charge is 0.337 e. The molecule has 0 spiro atoms. The van der Waals surface area contributed by atoms with E-state index in [-0.39, 0.29) is 6.42 Å². The zero-order chi connectivity index (χ0) is 15.8. The van der Waals surface area contributed by atoms with Crippen LogP contribution in [-0.4, -0.2) is 58.4 Å². The maximum atomic E-state index is 12.4. The molecule has 0 saturated carbocycles. The molecule has 20 heavy (non-hydrogen) atoms. The highest BCUT2D eigenvalue weighted by Gasteiger charge is 2.48. The fourth-order valence-electron chi connectivity index (χ4n) is 1.76. The van der Waals surface area contributed by atoms with Crippen LogP contribution in [0.5, 0.6) is 0 Å². The van der Waals surface area contributed by atoms with Crippen molar-refractivity contribution < 1.29 is 19.5 Å². The summed E-state index contributed by atoms with van der Waals surface area (Å²) in [4.78, 5) is 35.3. The average molecular weight is 322 g/mol. The van der Waals surface area contributed by atoms with Crippen LogP contribution in [0.2, 0.25) is 0 Å². The van der Waals surface area contributed by atoms with Gasteiger partial charge in [-0.3, -0.25) is 9.59 Å². The number of carbonyl (C=O) groups excluding carboxylic acids is 2. The highest BCUT2D eigenvalue weighted by Crippen LogP contribution is 2.19. The van der Waals surface area contributed by atoms with Gasteiger partial charge in [-0.05, 0) is 36.9 Å². The number of ketones is 1. The third-order valence-electron chi connectivity index (χ3n) is 2.83. The molecule has 2 atom stereocenters. The summed E-state index contributed by atoms with van der Waals surface area (Å²) in [6.07, 6.45) is 4.09. The number of carboxylic acid groups (broad SMARTS) is 1. The van der Waals surface area contributed by atoms with Crippen molar-refractivity contribution in [3.63, 3.8) is 0 Å². The number of nitrogens with one attached hydrogen (secondary N) is 1. The number of Topliss-reactive ketones (excluding diaryl/α,β-unsaturated/α-hetero) is 1. The first-order chi connectivity index (χ1) is 9.31. The normalized spacial score (nSPS) is 15.2. The van der Waals surface area contributed by atoms with E-state index in [2.05, 4.69) is 5.32 Å². The van der Waals surface area contributed by atoms with E-state index in [1.807, 2.05) is 6.26 Å². The zero-order valence-corrected chi connectivity index (χ0v) is 13.6. The quantitative estimate of drug-likeness (QED) is 0.498. The van der Waals surface area contributed by atoms with E-state index in [9.17, 15) is 19.5 Å². The number of rotatable bonds is 10. The van der Waals surface area contributed by atoms with Gasteiger partial charge >= 0.3 is 5.97 Å². The van der Waals surface area contributed by atoms with Gasteiger partial charge in [0.1, 0.15) is 0 Å². The largest absolute Gasteiger partial charge is 0.479 e. The number of carbonyl (C=O) groups is 3. The lowest BCUT2D eigenvalue weighted by Gasteiger charge is -2.30. The highest BCUT2D eigenvalue weighted by atomic mass is 32.2. The van der Waals surface area contributed by atoms with Crippen LogP contribution in [0.3, 0.4) is 0 Å². The second-order valence-electron chi connectivity index (χ2n) is 4.39. The van der Waals surface area contributed by atoms with Gasteiger partial charge < -0.3 is 16.2 Å². The Morgan fingerprint density at radius 1 is 1.25 bits per heavy atom. The summed E-state index contributed by atoms with van der Waals surface area (Å²) >= 11 is 2.94. The molecule has 0 aliphatic carbocycles. The molecule has 8 heteroatoms. The molecule has 2 unspecified atom stereocenters. The van der Waals surface area contributed by atoms with E-state index in [1.165, 1.54) is 30.4 Å². The standard InChI is InChI=1S/C12H22N2O4S2/c1-8(15)14-12(11(17)18,5-7-20-3)10(16)9(13)4-6-19-2/h9H,4-7,13H2,1-3H3,(H,14,15)(H,17,18). The molecule has 1 amide bonds. The molecule has 0 aliphatic heterocycles. The summed E-state index contributed by atoms with van der Waals surface area (Å²) in [6.45, 7) is 1.19. The number of hydrogen-bond acceptors (Lipinski definition) is 6. The number of aliphatic carboxylic acids is 1. The van der Waals surface area contributed by atoms with E-state index in [4.69, 9.17) is 5.73 Å². The molecule has 0 aliphatic rings. The van der Waals surface area contributed by atoms with Crippen molar-refractivity contribution in [3.8, 4) is 0 Å². The van der Waals surface area contributed by atoms with Crippen LogP contribution in [0.15, 0.2) is 0 Å². The fraction of sp³-hybridized carbons (Fsp3) is 0.750. The number of amides is 1. The van der Waals surface area contributed by atoms with Gasteiger partial charge in [0.25, 0.3) is 0 Å². The Kier molecular flexibility index (Phi) is 8.91. The molecule has 0 fully saturated rings. The van der Waals surface area contributed by atoms with E-state index in [0.717, 1.165) is 0 Å². The van der Waals surface area contributed by atoms with Crippen LogP contribution in [-0.2, 0) is 14.4 Å². The molecule has 0 rings (SSSR count). The van der Waals surface area contributed by atoms with Crippen molar-refractivity contribution in [2.24, 2.45) is 5.73 Å². The van der Waals surface area contributed by atoms with Crippen LogP contribution in [0.4, 0.5) is 0 Å². The Balaban J connectivity index is 5.28. The lowest BCUT2D eigenvalue weighted by molar-refractivity contribution is -0.153. The molecule has 0 heterocycles. The minimum atomic E-state index is -1.92. The van der Waals surface area contributed by atoms with Gasteiger partial charge in [0.2, 0.25) is 5.91 Å². The maximum Gasteiger partial charge on any atom is 0.337 e. The number of nitrogens with two attached hydrogens (primary N) is 1. The van der Waals surface area contributed by atoms with E-state index in [0.29, 0.717) is 17.9 Å². The number of hydrogen-bond donors (Lipinski definition) is 3. The van der Waals surface area contributed by atoms with Gasteiger partial charge in [0, 0.05) is 6.92 Å². The van der Waals surface area contributed by atoms with Crippen molar-refractivity contribution in [3.05, 3.63) is 0 Å². The second kappa shape index (κ2) is 9.25. The molecule has 4 N–H and O–H groups in total. The summed E-state index contributed by atoms with van der Waals surface area (Å²) in [6, 6.07) is -0.896. The van der Waals surface area contributed by atoms with Gasteiger partial charge in [-0.2, -0.15) is 23.5 Å². The second-order valence-corrected chi connectivity index (χ2v) is 6.36. The predicted molar refractivity (Wildman–Crippen MR) is 83.2 cm³/mol. The van der Waals surface area contributed by atoms with Gasteiger partial charge in [-0.1, -0.05) is 0 Å². The molecule has 0 aromatic heterocycles. The van der Waals surface area contributed by atoms with E-state index < -0.39 is 29.2 Å². The van der Waals surface area contributed by atoms with Crippen LogP contribution in [0.25, 0.3) is 0 Å². The lowest BCUT2D eigenvalue weighted by Crippen LogP contribution is -2.64. The zero-order valence-electron chi connectivity index (χ0n) is 12.0. The first kappa shape index (κ1) is 19.3. The van der Waals surface area contributed by atoms with Crippen molar-refractivity contribution in [1.82, 2.24) is 5.32 Å². The Morgan fingerprint density at radius 2 is 1.80 bits per heavy atom. The van der Waals surface area contributed by atoms with Crippen LogP contribution >= 0.6 is 23.5 Å². The van der Waals surface area contributed by atoms with Gasteiger partial charge in [-0.25, -0.2) is 4.79 Å². The Morgan fingerprint density at radius 3 is 2.20 bits per heavy atom. The van der Waals surface area contributed by atoms with Crippen molar-refractivity contribution in [2.45, 2.75) is 31.3 Å². The summed E-state index contributed by atoms with van der Waals surface area (Å²) in [5, 5.41) is 11.7. The van der Waals surface area contributed by atoms with Crippen LogP contribution in [0, 0.1) is 0 Å². The molecule has 6 nitrogen and oxygen atoms in total. The van der Waals surface area contributed by atoms with Crippen LogP contribution < -0.4 is 11.1 Å². The molecule has 0 aromatic rings. The monoisotopic (exact) mass is 322 g/mol. The third kappa shape index (κ3) is 5.34. The summed E-state index contributed by atoms with van der Waals surface area (Å²) < 4.78 is 0.